The highest BCUT2D eigenvalue weighted by atomic mass is 35.5. The van der Waals surface area contributed by atoms with Crippen LogP contribution in [0.3, 0.4) is 0 Å². The zero-order chi connectivity index (χ0) is 16.6. The first-order valence-electron chi connectivity index (χ1n) is 7.53. The summed E-state index contributed by atoms with van der Waals surface area (Å²) in [4.78, 5) is 0.0824. The first-order chi connectivity index (χ1) is 10.9. The lowest BCUT2D eigenvalue weighted by atomic mass is 9.88. The average Bonchev–Trinajstić information content (AvgIpc) is 2.49. The summed E-state index contributed by atoms with van der Waals surface area (Å²) in [6, 6.07) is 9.11. The van der Waals surface area contributed by atoms with Crippen molar-refractivity contribution < 1.29 is 12.8 Å². The van der Waals surface area contributed by atoms with Gasteiger partial charge in [0.25, 0.3) is 0 Å². The van der Waals surface area contributed by atoms with E-state index in [-0.39, 0.29) is 23.3 Å². The molecule has 0 aromatic heterocycles. The van der Waals surface area contributed by atoms with Gasteiger partial charge in [-0.15, -0.1) is 12.4 Å². The van der Waals surface area contributed by atoms with E-state index in [0.717, 1.165) is 30.4 Å². The van der Waals surface area contributed by atoms with Crippen molar-refractivity contribution in [2.75, 3.05) is 5.73 Å². The SMILES string of the molecule is Cc1cc(S(=O)(=O)NC2CCCc3cc(N)ccc32)ccc1F.Cl. The lowest BCUT2D eigenvalue weighted by Crippen LogP contribution is -2.31. The minimum absolute atomic E-state index is 0. The average molecular weight is 371 g/mol. The fraction of sp³-hybridized carbons (Fsp3) is 0.294. The molecule has 7 heteroatoms. The summed E-state index contributed by atoms with van der Waals surface area (Å²) in [5.41, 5.74) is 8.84. The van der Waals surface area contributed by atoms with E-state index in [0.29, 0.717) is 11.3 Å². The van der Waals surface area contributed by atoms with Crippen LogP contribution in [0.15, 0.2) is 41.3 Å². The third-order valence-electron chi connectivity index (χ3n) is 4.22. The monoisotopic (exact) mass is 370 g/mol. The van der Waals surface area contributed by atoms with Crippen molar-refractivity contribution in [1.29, 1.82) is 0 Å². The molecule has 0 fully saturated rings. The number of aryl methyl sites for hydroxylation is 2. The number of anilines is 1. The van der Waals surface area contributed by atoms with E-state index in [1.807, 2.05) is 12.1 Å². The molecule has 1 unspecified atom stereocenters. The molecule has 0 spiro atoms. The fourth-order valence-corrected chi connectivity index (χ4v) is 4.33. The number of hydrogen-bond donors (Lipinski definition) is 2. The Kier molecular flexibility index (Phi) is 5.52. The van der Waals surface area contributed by atoms with Gasteiger partial charge in [0, 0.05) is 11.7 Å². The number of nitrogens with one attached hydrogen (secondary N) is 1. The van der Waals surface area contributed by atoms with Gasteiger partial charge in [-0.25, -0.2) is 17.5 Å². The molecule has 130 valence electrons. The van der Waals surface area contributed by atoms with Crippen molar-refractivity contribution >= 4 is 28.1 Å². The number of hydrogen-bond acceptors (Lipinski definition) is 3. The predicted octanol–water partition coefficient (Wildman–Crippen LogP) is 3.49. The molecule has 1 aliphatic carbocycles. The zero-order valence-corrected chi connectivity index (χ0v) is 14.9. The van der Waals surface area contributed by atoms with E-state index >= 15 is 0 Å². The lowest BCUT2D eigenvalue weighted by molar-refractivity contribution is 0.507. The number of nitrogens with two attached hydrogens (primary N) is 1. The molecule has 24 heavy (non-hydrogen) atoms. The van der Waals surface area contributed by atoms with Crippen molar-refractivity contribution in [2.24, 2.45) is 0 Å². The summed E-state index contributed by atoms with van der Waals surface area (Å²) in [7, 11) is -3.70. The standard InChI is InChI=1S/C17H19FN2O2S.ClH/c1-11-9-14(6-8-16(11)18)23(21,22)20-17-4-2-3-12-10-13(19)5-7-15(12)17;/h5-10,17,20H,2-4,19H2,1H3;1H. The Morgan fingerprint density at radius 3 is 2.67 bits per heavy atom. The van der Waals surface area contributed by atoms with Crippen molar-refractivity contribution in [2.45, 2.75) is 37.1 Å². The van der Waals surface area contributed by atoms with Crippen LogP contribution in [0.2, 0.25) is 0 Å². The Morgan fingerprint density at radius 1 is 1.21 bits per heavy atom. The van der Waals surface area contributed by atoms with Crippen molar-refractivity contribution in [3.63, 3.8) is 0 Å². The first-order valence-corrected chi connectivity index (χ1v) is 9.02. The van der Waals surface area contributed by atoms with Gasteiger partial charge in [-0.05, 0) is 73.2 Å². The molecular weight excluding hydrogens is 351 g/mol. The lowest BCUT2D eigenvalue weighted by Gasteiger charge is -2.26. The molecule has 2 aromatic rings. The fourth-order valence-electron chi connectivity index (χ4n) is 3.00. The molecular formula is C17H20ClFN2O2S. The van der Waals surface area contributed by atoms with Crippen LogP contribution in [0.5, 0.6) is 0 Å². The van der Waals surface area contributed by atoms with Crippen LogP contribution in [-0.2, 0) is 16.4 Å². The Balaban J connectivity index is 0.00000208. The van der Waals surface area contributed by atoms with Gasteiger partial charge in [0.05, 0.1) is 4.90 Å². The Bertz CT molecular complexity index is 856. The quantitative estimate of drug-likeness (QED) is 0.812. The van der Waals surface area contributed by atoms with Gasteiger partial charge in [-0.2, -0.15) is 0 Å². The number of halogens is 2. The molecule has 0 saturated heterocycles. The second-order valence-corrected chi connectivity index (χ2v) is 7.65. The summed E-state index contributed by atoms with van der Waals surface area (Å²) in [6.07, 6.45) is 2.52. The van der Waals surface area contributed by atoms with E-state index in [1.165, 1.54) is 18.2 Å². The molecule has 2 aromatic carbocycles. The number of nitrogen functional groups attached to an aromatic ring is 1. The van der Waals surface area contributed by atoms with Crippen LogP contribution in [0.1, 0.15) is 35.6 Å². The predicted molar refractivity (Wildman–Crippen MR) is 95.2 cm³/mol. The Hall–Kier alpha value is -1.63. The van der Waals surface area contributed by atoms with E-state index < -0.39 is 15.8 Å². The van der Waals surface area contributed by atoms with E-state index in [2.05, 4.69) is 4.72 Å². The zero-order valence-electron chi connectivity index (χ0n) is 13.3. The smallest absolute Gasteiger partial charge is 0.241 e. The van der Waals surface area contributed by atoms with Crippen LogP contribution in [0.25, 0.3) is 0 Å². The molecule has 0 amide bonds. The number of sulfonamides is 1. The maximum absolute atomic E-state index is 13.4. The van der Waals surface area contributed by atoms with Gasteiger partial charge in [-0.3, -0.25) is 0 Å². The van der Waals surface area contributed by atoms with Crippen molar-refractivity contribution in [1.82, 2.24) is 4.72 Å². The maximum atomic E-state index is 13.4. The largest absolute Gasteiger partial charge is 0.399 e. The Morgan fingerprint density at radius 2 is 1.96 bits per heavy atom. The number of rotatable bonds is 3. The highest BCUT2D eigenvalue weighted by Crippen LogP contribution is 2.32. The third kappa shape index (κ3) is 3.71. The molecule has 3 N–H and O–H groups in total. The Labute approximate surface area is 147 Å². The van der Waals surface area contributed by atoms with Crippen molar-refractivity contribution in [3.05, 3.63) is 58.9 Å². The van der Waals surface area contributed by atoms with Gasteiger partial charge in [0.2, 0.25) is 10.0 Å². The number of fused-ring (bicyclic) bond motifs is 1. The topological polar surface area (TPSA) is 72.2 Å². The molecule has 3 rings (SSSR count). The molecule has 0 heterocycles. The van der Waals surface area contributed by atoms with E-state index in [9.17, 15) is 12.8 Å². The molecule has 0 bridgehead atoms. The maximum Gasteiger partial charge on any atom is 0.241 e. The second kappa shape index (κ2) is 7.09. The highest BCUT2D eigenvalue weighted by Gasteiger charge is 2.26. The minimum Gasteiger partial charge on any atom is -0.399 e. The molecule has 0 saturated carbocycles. The van der Waals surface area contributed by atoms with Gasteiger partial charge >= 0.3 is 0 Å². The summed E-state index contributed by atoms with van der Waals surface area (Å²) in [5.74, 6) is -0.414. The molecule has 0 radical (unpaired) electrons. The molecule has 1 atom stereocenters. The van der Waals surface area contributed by atoms with E-state index in [1.54, 1.807) is 13.0 Å². The van der Waals surface area contributed by atoms with Gasteiger partial charge < -0.3 is 5.73 Å². The van der Waals surface area contributed by atoms with Gasteiger partial charge in [0.15, 0.2) is 0 Å². The summed E-state index contributed by atoms with van der Waals surface area (Å²) in [5, 5.41) is 0. The molecule has 0 aliphatic heterocycles. The second-order valence-electron chi connectivity index (χ2n) is 5.94. The van der Waals surface area contributed by atoms with Gasteiger partial charge in [-0.1, -0.05) is 6.07 Å². The highest BCUT2D eigenvalue weighted by molar-refractivity contribution is 7.89. The summed E-state index contributed by atoms with van der Waals surface area (Å²) < 4.78 is 41.3. The van der Waals surface area contributed by atoms with Gasteiger partial charge in [0.1, 0.15) is 5.82 Å². The first kappa shape index (κ1) is 18.7. The van der Waals surface area contributed by atoms with Crippen molar-refractivity contribution in [3.8, 4) is 0 Å². The summed E-state index contributed by atoms with van der Waals surface area (Å²) >= 11 is 0. The normalized spacial score (nSPS) is 17.0. The third-order valence-corrected chi connectivity index (χ3v) is 5.69. The number of benzene rings is 2. The van der Waals surface area contributed by atoms with Crippen LogP contribution < -0.4 is 10.5 Å². The molecule has 4 nitrogen and oxygen atoms in total. The van der Waals surface area contributed by atoms with Crippen LogP contribution in [-0.4, -0.2) is 8.42 Å². The minimum atomic E-state index is -3.70. The van der Waals surface area contributed by atoms with Crippen LogP contribution in [0, 0.1) is 12.7 Å². The summed E-state index contributed by atoms with van der Waals surface area (Å²) in [6.45, 7) is 1.55. The van der Waals surface area contributed by atoms with E-state index in [4.69, 9.17) is 5.73 Å². The van der Waals surface area contributed by atoms with Crippen LogP contribution in [0.4, 0.5) is 10.1 Å². The van der Waals surface area contributed by atoms with Crippen LogP contribution >= 0.6 is 12.4 Å². The molecule has 1 aliphatic rings.